The highest BCUT2D eigenvalue weighted by Gasteiger charge is 2.27. The molecular formula is C21H29N3O2. The van der Waals surface area contributed by atoms with Crippen molar-refractivity contribution in [3.8, 4) is 5.75 Å². The number of fused-ring (bicyclic) bond motifs is 1. The second-order valence-electron chi connectivity index (χ2n) is 7.72. The maximum absolute atomic E-state index is 12.1. The van der Waals surface area contributed by atoms with Crippen LogP contribution in [0.5, 0.6) is 5.75 Å². The number of benzene rings is 1. The van der Waals surface area contributed by atoms with Crippen LogP contribution in [0.1, 0.15) is 38.5 Å². The number of nitrogens with one attached hydrogen (secondary N) is 1. The van der Waals surface area contributed by atoms with Crippen LogP contribution < -0.4 is 4.74 Å². The molecule has 4 rings (SSSR count). The number of nitrogens with zero attached hydrogens (tertiary/aromatic N) is 2. The van der Waals surface area contributed by atoms with Crippen molar-refractivity contribution in [3.05, 3.63) is 30.5 Å². The Labute approximate surface area is 155 Å². The average Bonchev–Trinajstić information content (AvgIpc) is 3.09. The number of rotatable bonds is 4. The Balaban J connectivity index is 1.31. The Kier molecular flexibility index (Phi) is 5.16. The van der Waals surface area contributed by atoms with Crippen LogP contribution in [0.15, 0.2) is 30.5 Å². The largest absolute Gasteiger partial charge is 0.490 e. The summed E-state index contributed by atoms with van der Waals surface area (Å²) in [6.07, 6.45) is 8.39. The van der Waals surface area contributed by atoms with Gasteiger partial charge in [-0.05, 0) is 43.9 Å². The van der Waals surface area contributed by atoms with Gasteiger partial charge in [-0.2, -0.15) is 0 Å². The van der Waals surface area contributed by atoms with Gasteiger partial charge in [0.25, 0.3) is 0 Å². The zero-order chi connectivity index (χ0) is 17.9. The van der Waals surface area contributed by atoms with Gasteiger partial charge in [-0.25, -0.2) is 0 Å². The lowest BCUT2D eigenvalue weighted by Gasteiger charge is -2.36. The van der Waals surface area contributed by atoms with Crippen molar-refractivity contribution in [3.63, 3.8) is 0 Å². The summed E-state index contributed by atoms with van der Waals surface area (Å²) in [5, 5.41) is 1.16. The van der Waals surface area contributed by atoms with Gasteiger partial charge in [-0.15, -0.1) is 0 Å². The second-order valence-corrected chi connectivity index (χ2v) is 7.72. The third-order valence-corrected chi connectivity index (χ3v) is 5.97. The first-order chi connectivity index (χ1) is 12.7. The molecule has 0 bridgehead atoms. The van der Waals surface area contributed by atoms with Gasteiger partial charge in [0, 0.05) is 56.2 Å². The van der Waals surface area contributed by atoms with Gasteiger partial charge in [0.15, 0.2) is 0 Å². The number of aromatic nitrogens is 1. The number of carbonyl (C=O) groups excluding carboxylic acids is 1. The number of aromatic amines is 1. The van der Waals surface area contributed by atoms with Gasteiger partial charge in [-0.3, -0.25) is 4.79 Å². The molecule has 2 fully saturated rings. The summed E-state index contributed by atoms with van der Waals surface area (Å²) < 4.78 is 6.31. The number of piperidine rings is 1. The normalized spacial score (nSPS) is 23.3. The van der Waals surface area contributed by atoms with E-state index < -0.39 is 0 Å². The predicted octanol–water partition coefficient (Wildman–Crippen LogP) is 3.41. The zero-order valence-corrected chi connectivity index (χ0v) is 15.6. The molecule has 1 N–H and O–H groups in total. The molecular weight excluding hydrogens is 326 g/mol. The van der Waals surface area contributed by atoms with Crippen molar-refractivity contribution in [2.24, 2.45) is 0 Å². The molecule has 0 aliphatic carbocycles. The highest BCUT2D eigenvalue weighted by atomic mass is 16.5. The van der Waals surface area contributed by atoms with Gasteiger partial charge >= 0.3 is 0 Å². The average molecular weight is 355 g/mol. The summed E-state index contributed by atoms with van der Waals surface area (Å²) in [6.45, 7) is 3.10. The number of likely N-dealkylation sites (N-methyl/N-ethyl adjacent to an activating group) is 1. The number of carbonyl (C=O) groups is 1. The third-order valence-electron chi connectivity index (χ3n) is 5.97. The summed E-state index contributed by atoms with van der Waals surface area (Å²) in [4.78, 5) is 19.8. The molecule has 3 heterocycles. The first-order valence-electron chi connectivity index (χ1n) is 9.91. The number of amides is 1. The maximum Gasteiger partial charge on any atom is 0.222 e. The third kappa shape index (κ3) is 3.73. The van der Waals surface area contributed by atoms with Gasteiger partial charge in [0.2, 0.25) is 5.91 Å². The van der Waals surface area contributed by atoms with Gasteiger partial charge < -0.3 is 19.5 Å². The van der Waals surface area contributed by atoms with Crippen LogP contribution in [0.25, 0.3) is 10.9 Å². The van der Waals surface area contributed by atoms with Crippen LogP contribution in [0.4, 0.5) is 0 Å². The minimum Gasteiger partial charge on any atom is -0.490 e. The van der Waals surface area contributed by atoms with Crippen molar-refractivity contribution in [1.82, 2.24) is 14.8 Å². The van der Waals surface area contributed by atoms with Crippen LogP contribution in [0, 0.1) is 0 Å². The summed E-state index contributed by atoms with van der Waals surface area (Å²) in [7, 11) is 1.98. The summed E-state index contributed by atoms with van der Waals surface area (Å²) >= 11 is 0. The molecule has 5 heteroatoms. The Morgan fingerprint density at radius 3 is 2.85 bits per heavy atom. The van der Waals surface area contributed by atoms with E-state index in [0.717, 1.165) is 62.0 Å². The van der Waals surface area contributed by atoms with Crippen LogP contribution in [0.2, 0.25) is 0 Å². The van der Waals surface area contributed by atoms with E-state index in [-0.39, 0.29) is 6.10 Å². The Morgan fingerprint density at radius 2 is 2.00 bits per heavy atom. The molecule has 140 valence electrons. The van der Waals surface area contributed by atoms with Crippen LogP contribution in [0.3, 0.4) is 0 Å². The Hall–Kier alpha value is -2.01. The Morgan fingerprint density at radius 1 is 1.15 bits per heavy atom. The number of hydrogen-bond acceptors (Lipinski definition) is 3. The molecule has 1 amide bonds. The number of H-pyrrole nitrogens is 1. The smallest absolute Gasteiger partial charge is 0.222 e. The van der Waals surface area contributed by atoms with Gasteiger partial charge in [-0.1, -0.05) is 12.5 Å². The standard InChI is InChI=1S/C21H29N3O2/c1-23-16(5-2-3-8-21(23)25)15-24-13-10-17(11-14-24)26-20-7-4-6-19-18(20)9-12-22-19/h4,6-7,9,12,16-17,22H,2-3,5,8,10-11,13-15H2,1H3. The van der Waals surface area contributed by atoms with Gasteiger partial charge in [0.05, 0.1) is 0 Å². The first kappa shape index (κ1) is 17.4. The minimum absolute atomic E-state index is 0.278. The van der Waals surface area contributed by atoms with E-state index in [1.807, 2.05) is 24.2 Å². The van der Waals surface area contributed by atoms with Gasteiger partial charge in [0.1, 0.15) is 11.9 Å². The second kappa shape index (κ2) is 7.70. The molecule has 1 aromatic carbocycles. The van der Waals surface area contributed by atoms with Crippen LogP contribution in [-0.4, -0.2) is 59.5 Å². The molecule has 1 aromatic heterocycles. The molecule has 26 heavy (non-hydrogen) atoms. The van der Waals surface area contributed by atoms with Crippen molar-refractivity contribution in [2.75, 3.05) is 26.7 Å². The quantitative estimate of drug-likeness (QED) is 0.914. The predicted molar refractivity (Wildman–Crippen MR) is 103 cm³/mol. The van der Waals surface area contributed by atoms with Crippen LogP contribution >= 0.6 is 0 Å². The molecule has 0 saturated carbocycles. The zero-order valence-electron chi connectivity index (χ0n) is 15.6. The minimum atomic E-state index is 0.278. The first-order valence-corrected chi connectivity index (χ1v) is 9.91. The maximum atomic E-state index is 12.1. The molecule has 2 aromatic rings. The van der Waals surface area contributed by atoms with E-state index in [1.165, 1.54) is 6.42 Å². The lowest BCUT2D eigenvalue weighted by atomic mass is 10.0. The lowest BCUT2D eigenvalue weighted by Crippen LogP contribution is -2.47. The monoisotopic (exact) mass is 355 g/mol. The molecule has 2 aliphatic heterocycles. The number of hydrogen-bond donors (Lipinski definition) is 1. The molecule has 0 radical (unpaired) electrons. The fraction of sp³-hybridized carbons (Fsp3) is 0.571. The van der Waals surface area contributed by atoms with E-state index in [1.54, 1.807) is 0 Å². The van der Waals surface area contributed by atoms with E-state index in [0.29, 0.717) is 18.4 Å². The van der Waals surface area contributed by atoms with Crippen molar-refractivity contribution in [1.29, 1.82) is 0 Å². The molecule has 5 nitrogen and oxygen atoms in total. The highest BCUT2D eigenvalue weighted by Crippen LogP contribution is 2.28. The molecule has 0 spiro atoms. The summed E-state index contributed by atoms with van der Waals surface area (Å²) in [6, 6.07) is 8.64. The molecule has 2 aliphatic rings. The van der Waals surface area contributed by atoms with Crippen molar-refractivity contribution in [2.45, 2.75) is 50.7 Å². The fourth-order valence-corrected chi connectivity index (χ4v) is 4.29. The van der Waals surface area contributed by atoms with Crippen molar-refractivity contribution >= 4 is 16.8 Å². The highest BCUT2D eigenvalue weighted by molar-refractivity contribution is 5.85. The molecule has 1 unspecified atom stereocenters. The SMILES string of the molecule is CN1C(=O)CCCCC1CN1CCC(Oc2cccc3[nH]ccc23)CC1. The summed E-state index contributed by atoms with van der Waals surface area (Å²) in [5.74, 6) is 1.29. The topological polar surface area (TPSA) is 48.6 Å². The van der Waals surface area contributed by atoms with E-state index in [9.17, 15) is 4.79 Å². The van der Waals surface area contributed by atoms with E-state index in [4.69, 9.17) is 4.74 Å². The molecule has 1 atom stereocenters. The number of ether oxygens (including phenoxy) is 1. The number of likely N-dealkylation sites (tertiary alicyclic amines) is 2. The fourth-order valence-electron chi connectivity index (χ4n) is 4.29. The van der Waals surface area contributed by atoms with Crippen molar-refractivity contribution < 1.29 is 9.53 Å². The van der Waals surface area contributed by atoms with E-state index in [2.05, 4.69) is 28.1 Å². The van der Waals surface area contributed by atoms with Crippen LogP contribution in [-0.2, 0) is 4.79 Å². The summed E-state index contributed by atoms with van der Waals surface area (Å²) in [5.41, 5.74) is 1.13. The lowest BCUT2D eigenvalue weighted by molar-refractivity contribution is -0.131. The molecule has 2 saturated heterocycles. The van der Waals surface area contributed by atoms with E-state index >= 15 is 0 Å². The Bertz CT molecular complexity index is 749.